The number of carbonyl (C=O) groups is 1. The Balaban J connectivity index is 1.91. The van der Waals surface area contributed by atoms with Gasteiger partial charge in [-0.2, -0.15) is 0 Å². The summed E-state index contributed by atoms with van der Waals surface area (Å²) in [5, 5.41) is 3.49. The summed E-state index contributed by atoms with van der Waals surface area (Å²) >= 11 is 0. The summed E-state index contributed by atoms with van der Waals surface area (Å²) in [4.78, 5) is 21.5. The fourth-order valence-corrected chi connectivity index (χ4v) is 3.24. The van der Waals surface area contributed by atoms with Crippen LogP contribution in [0, 0.1) is 0 Å². The average Bonchev–Trinajstić information content (AvgIpc) is 2.67. The molecule has 5 nitrogen and oxygen atoms in total. The lowest BCUT2D eigenvalue weighted by atomic mass is 9.93. The molecule has 0 aliphatic rings. The van der Waals surface area contributed by atoms with Gasteiger partial charge >= 0.3 is 0 Å². The number of aromatic nitrogens is 1. The maximum absolute atomic E-state index is 12.8. The first kappa shape index (κ1) is 18.6. The Bertz CT molecular complexity index is 966. The molecule has 0 fully saturated rings. The first-order valence-corrected chi connectivity index (χ1v) is 9.18. The lowest BCUT2D eigenvalue weighted by Gasteiger charge is -2.14. The SMILES string of the molecule is CCCC(C)c1cccc2c(C(=O)NC(N)=Nc3ccccc3)ccnc12. The van der Waals surface area contributed by atoms with Crippen molar-refractivity contribution >= 4 is 28.5 Å². The summed E-state index contributed by atoms with van der Waals surface area (Å²) in [5.74, 6) is 0.153. The number of nitrogens with two attached hydrogens (primary N) is 1. The first-order valence-electron chi connectivity index (χ1n) is 9.18. The van der Waals surface area contributed by atoms with Crippen LogP contribution in [0.4, 0.5) is 5.69 Å². The molecule has 0 bridgehead atoms. The number of guanidine groups is 1. The van der Waals surface area contributed by atoms with Crippen LogP contribution in [0.1, 0.15) is 48.5 Å². The number of amides is 1. The van der Waals surface area contributed by atoms with Gasteiger partial charge in [-0.15, -0.1) is 0 Å². The summed E-state index contributed by atoms with van der Waals surface area (Å²) in [6, 6.07) is 17.0. The highest BCUT2D eigenvalue weighted by atomic mass is 16.1. The number of hydrogen-bond acceptors (Lipinski definition) is 3. The number of fused-ring (bicyclic) bond motifs is 1. The molecular formula is C22H24N4O. The predicted molar refractivity (Wildman–Crippen MR) is 110 cm³/mol. The lowest BCUT2D eigenvalue weighted by molar-refractivity contribution is 0.0978. The second kappa shape index (κ2) is 8.45. The maximum atomic E-state index is 12.8. The highest BCUT2D eigenvalue weighted by Crippen LogP contribution is 2.28. The van der Waals surface area contributed by atoms with Gasteiger partial charge in [0.2, 0.25) is 5.96 Å². The molecule has 0 saturated heterocycles. The number of aliphatic imine (C=N–C) groups is 1. The van der Waals surface area contributed by atoms with Gasteiger partial charge in [-0.3, -0.25) is 15.1 Å². The molecule has 3 N–H and O–H groups in total. The Hall–Kier alpha value is -3.21. The molecule has 1 aromatic heterocycles. The van der Waals surface area contributed by atoms with Crippen molar-refractivity contribution in [3.8, 4) is 0 Å². The Labute approximate surface area is 159 Å². The number of nitrogens with zero attached hydrogens (tertiary/aromatic N) is 2. The molecule has 2 aromatic carbocycles. The number of carbonyl (C=O) groups excluding carboxylic acids is 1. The van der Waals surface area contributed by atoms with Gasteiger partial charge in [0, 0.05) is 11.6 Å². The molecule has 1 atom stereocenters. The van der Waals surface area contributed by atoms with Crippen LogP contribution in [0.25, 0.3) is 10.9 Å². The molecule has 0 radical (unpaired) electrons. The van der Waals surface area contributed by atoms with Crippen LogP contribution in [-0.2, 0) is 0 Å². The van der Waals surface area contributed by atoms with E-state index in [1.165, 1.54) is 0 Å². The van der Waals surface area contributed by atoms with Crippen molar-refractivity contribution in [3.05, 3.63) is 71.9 Å². The molecular weight excluding hydrogens is 336 g/mol. The maximum Gasteiger partial charge on any atom is 0.258 e. The van der Waals surface area contributed by atoms with E-state index in [-0.39, 0.29) is 11.9 Å². The topological polar surface area (TPSA) is 80.4 Å². The van der Waals surface area contributed by atoms with Crippen LogP contribution < -0.4 is 11.1 Å². The monoisotopic (exact) mass is 360 g/mol. The number of hydrogen-bond donors (Lipinski definition) is 2. The molecule has 0 spiro atoms. The van der Waals surface area contributed by atoms with E-state index in [0.717, 1.165) is 29.3 Å². The largest absolute Gasteiger partial charge is 0.369 e. The Morgan fingerprint density at radius 1 is 1.15 bits per heavy atom. The van der Waals surface area contributed by atoms with Gasteiger partial charge in [-0.05, 0) is 36.1 Å². The molecule has 0 aliphatic carbocycles. The second-order valence-electron chi connectivity index (χ2n) is 6.58. The molecule has 1 amide bonds. The van der Waals surface area contributed by atoms with Gasteiger partial charge < -0.3 is 5.73 Å². The Morgan fingerprint density at radius 2 is 1.93 bits per heavy atom. The fourth-order valence-electron chi connectivity index (χ4n) is 3.24. The van der Waals surface area contributed by atoms with Crippen molar-refractivity contribution in [1.82, 2.24) is 10.3 Å². The van der Waals surface area contributed by atoms with E-state index in [1.54, 1.807) is 12.3 Å². The van der Waals surface area contributed by atoms with Gasteiger partial charge in [0.25, 0.3) is 5.91 Å². The van der Waals surface area contributed by atoms with Crippen LogP contribution in [0.2, 0.25) is 0 Å². The number of benzene rings is 2. The molecule has 3 aromatic rings. The van der Waals surface area contributed by atoms with E-state index in [1.807, 2.05) is 42.5 Å². The zero-order valence-electron chi connectivity index (χ0n) is 15.6. The number of para-hydroxylation sites is 2. The quantitative estimate of drug-likeness (QED) is 0.519. The van der Waals surface area contributed by atoms with Crippen molar-refractivity contribution in [2.24, 2.45) is 10.7 Å². The standard InChI is InChI=1S/C22H24N4O/c1-3-8-15(2)17-11-7-12-18-19(13-14-24-20(17)18)21(27)26-22(23)25-16-9-5-4-6-10-16/h4-7,9-15H,3,8H2,1-2H3,(H3,23,25,26,27). The van der Waals surface area contributed by atoms with Crippen LogP contribution >= 0.6 is 0 Å². The molecule has 138 valence electrons. The van der Waals surface area contributed by atoms with E-state index in [9.17, 15) is 4.79 Å². The minimum absolute atomic E-state index is 0.0617. The van der Waals surface area contributed by atoms with Crippen molar-refractivity contribution < 1.29 is 4.79 Å². The molecule has 0 saturated carbocycles. The third-order valence-corrected chi connectivity index (χ3v) is 4.55. The van der Waals surface area contributed by atoms with Crippen molar-refractivity contribution in [2.75, 3.05) is 0 Å². The summed E-state index contributed by atoms with van der Waals surface area (Å²) in [7, 11) is 0. The summed E-state index contributed by atoms with van der Waals surface area (Å²) < 4.78 is 0. The van der Waals surface area contributed by atoms with Crippen molar-refractivity contribution in [3.63, 3.8) is 0 Å². The third kappa shape index (κ3) is 4.31. The summed E-state index contributed by atoms with van der Waals surface area (Å²) in [6.07, 6.45) is 3.85. The van der Waals surface area contributed by atoms with Crippen molar-refractivity contribution in [1.29, 1.82) is 0 Å². The highest BCUT2D eigenvalue weighted by Gasteiger charge is 2.15. The average molecular weight is 360 g/mol. The number of pyridine rings is 1. The Morgan fingerprint density at radius 3 is 2.67 bits per heavy atom. The van der Waals surface area contributed by atoms with Gasteiger partial charge in [-0.25, -0.2) is 4.99 Å². The van der Waals surface area contributed by atoms with Crippen LogP contribution in [0.3, 0.4) is 0 Å². The third-order valence-electron chi connectivity index (χ3n) is 4.55. The van der Waals surface area contributed by atoms with Crippen LogP contribution in [0.15, 0.2) is 65.8 Å². The smallest absolute Gasteiger partial charge is 0.258 e. The van der Waals surface area contributed by atoms with Crippen LogP contribution in [-0.4, -0.2) is 16.9 Å². The Kier molecular flexibility index (Phi) is 5.81. The van der Waals surface area contributed by atoms with E-state index in [0.29, 0.717) is 17.2 Å². The minimum atomic E-state index is -0.292. The minimum Gasteiger partial charge on any atom is -0.369 e. The zero-order valence-corrected chi connectivity index (χ0v) is 15.6. The van der Waals surface area contributed by atoms with Crippen LogP contribution in [0.5, 0.6) is 0 Å². The molecule has 3 rings (SSSR count). The van der Waals surface area contributed by atoms with Crippen molar-refractivity contribution in [2.45, 2.75) is 32.6 Å². The fraction of sp³-hybridized carbons (Fsp3) is 0.227. The lowest BCUT2D eigenvalue weighted by Crippen LogP contribution is -2.36. The predicted octanol–water partition coefficient (Wildman–Crippen LogP) is 4.51. The molecule has 1 heterocycles. The van der Waals surface area contributed by atoms with Gasteiger partial charge in [0.05, 0.1) is 16.8 Å². The van der Waals surface area contributed by atoms with E-state index < -0.39 is 0 Å². The van der Waals surface area contributed by atoms with Gasteiger partial charge in [0.1, 0.15) is 0 Å². The normalized spacial score (nSPS) is 12.7. The zero-order chi connectivity index (χ0) is 19.2. The molecule has 0 aliphatic heterocycles. The van der Waals surface area contributed by atoms with Gasteiger partial charge in [-0.1, -0.05) is 56.7 Å². The number of nitrogens with one attached hydrogen (secondary N) is 1. The van der Waals surface area contributed by atoms with Gasteiger partial charge in [0.15, 0.2) is 0 Å². The molecule has 27 heavy (non-hydrogen) atoms. The van der Waals surface area contributed by atoms with E-state index >= 15 is 0 Å². The molecule has 5 heteroatoms. The highest BCUT2D eigenvalue weighted by molar-refractivity contribution is 6.12. The summed E-state index contributed by atoms with van der Waals surface area (Å²) in [5.41, 5.74) is 9.16. The van der Waals surface area contributed by atoms with E-state index in [4.69, 9.17) is 5.73 Å². The number of rotatable bonds is 5. The molecule has 1 unspecified atom stereocenters. The second-order valence-corrected chi connectivity index (χ2v) is 6.58. The summed E-state index contributed by atoms with van der Waals surface area (Å²) in [6.45, 7) is 4.36. The first-order chi connectivity index (χ1) is 13.1. The van der Waals surface area contributed by atoms with E-state index in [2.05, 4.69) is 35.2 Å².